The van der Waals surface area contributed by atoms with Crippen LogP contribution >= 0.6 is 34.7 Å². The van der Waals surface area contributed by atoms with Crippen LogP contribution in [0.15, 0.2) is 76.0 Å². The molecule has 0 unspecified atom stereocenters. The summed E-state index contributed by atoms with van der Waals surface area (Å²) in [6.45, 7) is 0.307. The predicted molar refractivity (Wildman–Crippen MR) is 116 cm³/mol. The Balaban J connectivity index is 1.69. The maximum absolute atomic E-state index is 13.0. The summed E-state index contributed by atoms with van der Waals surface area (Å²) in [4.78, 5) is 30.1. The van der Waals surface area contributed by atoms with Gasteiger partial charge in [-0.25, -0.2) is 4.98 Å². The van der Waals surface area contributed by atoms with Gasteiger partial charge in [-0.2, -0.15) is 0 Å². The van der Waals surface area contributed by atoms with E-state index in [-0.39, 0.29) is 17.1 Å². The second kappa shape index (κ2) is 8.31. The van der Waals surface area contributed by atoms with Gasteiger partial charge in [-0.1, -0.05) is 71.9 Å². The van der Waals surface area contributed by atoms with E-state index in [1.54, 1.807) is 22.8 Å². The van der Waals surface area contributed by atoms with Crippen molar-refractivity contribution in [1.82, 2.24) is 9.55 Å². The minimum Gasteiger partial charge on any atom is -0.293 e. The number of aromatic nitrogens is 2. The molecule has 4 nitrogen and oxygen atoms in total. The topological polar surface area (TPSA) is 52.0 Å². The Morgan fingerprint density at radius 2 is 1.82 bits per heavy atom. The normalized spacial score (nSPS) is 11.0. The highest BCUT2D eigenvalue weighted by Crippen LogP contribution is 2.24. The highest BCUT2D eigenvalue weighted by molar-refractivity contribution is 7.99. The Labute approximate surface area is 174 Å². The fourth-order valence-corrected chi connectivity index (χ4v) is 4.67. The monoisotopic (exact) mass is 426 g/mol. The van der Waals surface area contributed by atoms with Crippen LogP contribution in [0.25, 0.3) is 10.2 Å². The molecular weight excluding hydrogens is 412 g/mol. The van der Waals surface area contributed by atoms with Gasteiger partial charge in [0.2, 0.25) is 0 Å². The molecule has 0 saturated carbocycles. The minimum absolute atomic E-state index is 0.00504. The summed E-state index contributed by atoms with van der Waals surface area (Å²) in [7, 11) is 0. The number of hydrogen-bond acceptors (Lipinski definition) is 5. The number of fused-ring (bicyclic) bond motifs is 1. The Morgan fingerprint density at radius 1 is 1.07 bits per heavy atom. The fraction of sp³-hybridized carbons (Fsp3) is 0.0952. The average molecular weight is 427 g/mol. The quantitative estimate of drug-likeness (QED) is 0.243. The largest absolute Gasteiger partial charge is 0.293 e. The lowest BCUT2D eigenvalue weighted by Crippen LogP contribution is -2.23. The SMILES string of the molecule is O=C(CSc1nc2ccsc2c(=O)n1Cc1ccccc1Cl)c1ccccc1. The summed E-state index contributed by atoms with van der Waals surface area (Å²) >= 11 is 8.93. The van der Waals surface area contributed by atoms with Gasteiger partial charge in [-0.15, -0.1) is 11.3 Å². The van der Waals surface area contributed by atoms with Crippen LogP contribution in [0.4, 0.5) is 0 Å². The molecular formula is C21H15ClN2O2S2. The maximum atomic E-state index is 13.0. The van der Waals surface area contributed by atoms with Crippen molar-refractivity contribution in [1.29, 1.82) is 0 Å². The molecule has 2 aromatic carbocycles. The smallest absolute Gasteiger partial charge is 0.272 e. The van der Waals surface area contributed by atoms with Crippen LogP contribution in [0.5, 0.6) is 0 Å². The molecule has 0 aliphatic carbocycles. The highest BCUT2D eigenvalue weighted by Gasteiger charge is 2.16. The standard InChI is InChI=1S/C21H15ClN2O2S2/c22-16-9-5-4-8-15(16)12-24-20(26)19-17(10-11-27-19)23-21(24)28-13-18(25)14-6-2-1-3-7-14/h1-11H,12-13H2. The first-order chi connectivity index (χ1) is 13.6. The van der Waals surface area contributed by atoms with E-state index in [9.17, 15) is 9.59 Å². The molecule has 0 bridgehead atoms. The van der Waals surface area contributed by atoms with Gasteiger partial charge < -0.3 is 0 Å². The zero-order valence-corrected chi connectivity index (χ0v) is 17.1. The molecule has 0 aliphatic heterocycles. The number of halogens is 1. The molecule has 0 saturated heterocycles. The zero-order valence-electron chi connectivity index (χ0n) is 14.7. The van der Waals surface area contributed by atoms with E-state index >= 15 is 0 Å². The van der Waals surface area contributed by atoms with Crippen LogP contribution in [-0.2, 0) is 6.54 Å². The van der Waals surface area contributed by atoms with Crippen molar-refractivity contribution < 1.29 is 4.79 Å². The number of ketones is 1. The maximum Gasteiger partial charge on any atom is 0.272 e. The molecule has 28 heavy (non-hydrogen) atoms. The number of Topliss-reactive ketones (excluding diaryl/α,β-unsaturated/α-hetero) is 1. The van der Waals surface area contributed by atoms with Crippen molar-refractivity contribution in [3.63, 3.8) is 0 Å². The number of carbonyl (C=O) groups excluding carboxylic acids is 1. The lowest BCUT2D eigenvalue weighted by molar-refractivity contribution is 0.102. The zero-order chi connectivity index (χ0) is 19.5. The summed E-state index contributed by atoms with van der Waals surface area (Å²) in [5.41, 5.74) is 2.02. The molecule has 0 aliphatic rings. The first-order valence-corrected chi connectivity index (χ1v) is 10.8. The summed E-state index contributed by atoms with van der Waals surface area (Å²) in [5.74, 6) is 0.198. The highest BCUT2D eigenvalue weighted by atomic mass is 35.5. The number of benzene rings is 2. The van der Waals surface area contributed by atoms with Crippen LogP contribution < -0.4 is 5.56 Å². The van der Waals surface area contributed by atoms with Crippen LogP contribution in [0.1, 0.15) is 15.9 Å². The first kappa shape index (κ1) is 18.9. The Kier molecular flexibility index (Phi) is 5.62. The number of carbonyl (C=O) groups is 1. The molecule has 0 atom stereocenters. The first-order valence-electron chi connectivity index (χ1n) is 8.56. The third-order valence-corrected chi connectivity index (χ3v) is 6.48. The average Bonchev–Trinajstić information content (AvgIpc) is 3.19. The van der Waals surface area contributed by atoms with Gasteiger partial charge in [0.15, 0.2) is 10.9 Å². The Hall–Kier alpha value is -2.41. The van der Waals surface area contributed by atoms with E-state index in [0.717, 1.165) is 5.56 Å². The third kappa shape index (κ3) is 3.90. The molecule has 140 valence electrons. The molecule has 7 heteroatoms. The summed E-state index contributed by atoms with van der Waals surface area (Å²) < 4.78 is 2.20. The number of thiophene rings is 1. The van der Waals surface area contributed by atoms with E-state index in [1.165, 1.54) is 23.1 Å². The van der Waals surface area contributed by atoms with Crippen molar-refractivity contribution in [2.75, 3.05) is 5.75 Å². The number of rotatable bonds is 6. The molecule has 2 heterocycles. The molecule has 4 aromatic rings. The van der Waals surface area contributed by atoms with Gasteiger partial charge in [0.05, 0.1) is 17.8 Å². The van der Waals surface area contributed by atoms with Crippen LogP contribution in [0, 0.1) is 0 Å². The molecule has 0 spiro atoms. The molecule has 0 fully saturated rings. The van der Waals surface area contributed by atoms with E-state index in [4.69, 9.17) is 11.6 Å². The van der Waals surface area contributed by atoms with Gasteiger partial charge >= 0.3 is 0 Å². The summed E-state index contributed by atoms with van der Waals surface area (Å²) in [6, 6.07) is 18.4. The minimum atomic E-state index is -0.116. The summed E-state index contributed by atoms with van der Waals surface area (Å²) in [5, 5.41) is 2.96. The number of nitrogens with zero attached hydrogens (tertiary/aromatic N) is 2. The molecule has 0 amide bonds. The Bertz CT molecular complexity index is 1200. The molecule has 4 rings (SSSR count). The van der Waals surface area contributed by atoms with Crippen LogP contribution in [0.2, 0.25) is 5.02 Å². The lowest BCUT2D eigenvalue weighted by Gasteiger charge is -2.13. The van der Waals surface area contributed by atoms with Crippen LogP contribution in [-0.4, -0.2) is 21.1 Å². The molecule has 2 aromatic heterocycles. The number of hydrogen-bond donors (Lipinski definition) is 0. The third-order valence-electron chi connectivity index (χ3n) is 4.25. The van der Waals surface area contributed by atoms with Gasteiger partial charge in [0, 0.05) is 10.6 Å². The van der Waals surface area contributed by atoms with Crippen molar-refractivity contribution in [2.24, 2.45) is 0 Å². The Morgan fingerprint density at radius 3 is 2.61 bits per heavy atom. The van der Waals surface area contributed by atoms with E-state index in [1.807, 2.05) is 47.8 Å². The lowest BCUT2D eigenvalue weighted by atomic mass is 10.2. The molecule has 0 N–H and O–H groups in total. The second-order valence-electron chi connectivity index (χ2n) is 6.09. The number of thioether (sulfide) groups is 1. The second-order valence-corrected chi connectivity index (χ2v) is 8.36. The van der Waals surface area contributed by atoms with E-state index in [0.29, 0.717) is 32.5 Å². The van der Waals surface area contributed by atoms with Gasteiger partial charge in [0.1, 0.15) is 4.70 Å². The van der Waals surface area contributed by atoms with Crippen molar-refractivity contribution in [3.8, 4) is 0 Å². The fourth-order valence-electron chi connectivity index (χ4n) is 2.81. The van der Waals surface area contributed by atoms with Gasteiger partial charge in [-0.3, -0.25) is 14.2 Å². The van der Waals surface area contributed by atoms with E-state index < -0.39 is 0 Å². The van der Waals surface area contributed by atoms with Crippen LogP contribution in [0.3, 0.4) is 0 Å². The van der Waals surface area contributed by atoms with Crippen molar-refractivity contribution in [3.05, 3.63) is 92.5 Å². The van der Waals surface area contributed by atoms with Crippen molar-refractivity contribution >= 4 is 50.7 Å². The van der Waals surface area contributed by atoms with Gasteiger partial charge in [-0.05, 0) is 23.1 Å². The summed E-state index contributed by atoms with van der Waals surface area (Å²) in [6.07, 6.45) is 0. The van der Waals surface area contributed by atoms with Gasteiger partial charge in [0.25, 0.3) is 5.56 Å². The predicted octanol–water partition coefficient (Wildman–Crippen LogP) is 5.13. The molecule has 0 radical (unpaired) electrons. The van der Waals surface area contributed by atoms with E-state index in [2.05, 4.69) is 4.98 Å². The van der Waals surface area contributed by atoms with Crippen molar-refractivity contribution in [2.45, 2.75) is 11.7 Å².